The summed E-state index contributed by atoms with van der Waals surface area (Å²) in [5.74, 6) is 0. The third kappa shape index (κ3) is 1.91. The number of aliphatic imine (C=N–C) groups is 1. The Hall–Kier alpha value is -0.0600. The van der Waals surface area contributed by atoms with E-state index in [9.17, 15) is 0 Å². The van der Waals surface area contributed by atoms with Crippen LogP contribution in [0.3, 0.4) is 0 Å². The number of nitrogens with zero attached hydrogens (tertiary/aromatic N) is 3. The van der Waals surface area contributed by atoms with E-state index in [1.54, 1.807) is 0 Å². The van der Waals surface area contributed by atoms with Crippen LogP contribution in [0.5, 0.6) is 0 Å². The Balaban J connectivity index is 1.74. The molecule has 0 aromatic heterocycles. The fraction of sp³-hybridized carbons (Fsp3) is 0.917. The number of thioether (sulfide) groups is 1. The van der Waals surface area contributed by atoms with Gasteiger partial charge in [0.2, 0.25) is 0 Å². The first-order chi connectivity index (χ1) is 7.67. The molecule has 2 fully saturated rings. The molecule has 0 bridgehead atoms. The summed E-state index contributed by atoms with van der Waals surface area (Å²) in [6.45, 7) is 4.84. The van der Waals surface area contributed by atoms with Gasteiger partial charge < -0.3 is 9.80 Å². The van der Waals surface area contributed by atoms with Gasteiger partial charge in [-0.15, -0.1) is 11.8 Å². The third-order valence-electron chi connectivity index (χ3n) is 4.08. The van der Waals surface area contributed by atoms with Gasteiger partial charge in [-0.05, 0) is 33.4 Å². The first-order valence-electron chi connectivity index (χ1n) is 6.30. The van der Waals surface area contributed by atoms with Crippen molar-refractivity contribution in [2.24, 2.45) is 4.99 Å². The lowest BCUT2D eigenvalue weighted by molar-refractivity contribution is 0.244. The SMILES string of the molecule is CN1CCC2(CC1)N=C1CCN(C)CC1S2. The van der Waals surface area contributed by atoms with Gasteiger partial charge in [-0.3, -0.25) is 4.99 Å². The van der Waals surface area contributed by atoms with Crippen molar-refractivity contribution in [2.45, 2.75) is 29.4 Å². The lowest BCUT2D eigenvalue weighted by Crippen LogP contribution is -2.40. The van der Waals surface area contributed by atoms with E-state index < -0.39 is 0 Å². The molecular formula is C12H21N3S. The fourth-order valence-corrected chi connectivity index (χ4v) is 4.68. The van der Waals surface area contributed by atoms with Crippen molar-refractivity contribution in [3.8, 4) is 0 Å². The average molecular weight is 239 g/mol. The summed E-state index contributed by atoms with van der Waals surface area (Å²) in [6, 6.07) is 0. The number of likely N-dealkylation sites (tertiary alicyclic amines) is 2. The second-order valence-electron chi connectivity index (χ2n) is 5.47. The van der Waals surface area contributed by atoms with E-state index in [-0.39, 0.29) is 4.87 Å². The second kappa shape index (κ2) is 4.00. The van der Waals surface area contributed by atoms with Crippen molar-refractivity contribution in [1.29, 1.82) is 0 Å². The van der Waals surface area contributed by atoms with Crippen molar-refractivity contribution < 1.29 is 0 Å². The first-order valence-corrected chi connectivity index (χ1v) is 7.18. The minimum Gasteiger partial charge on any atom is -0.306 e. The zero-order chi connectivity index (χ0) is 11.2. The summed E-state index contributed by atoms with van der Waals surface area (Å²) >= 11 is 2.15. The minimum absolute atomic E-state index is 0.262. The van der Waals surface area contributed by atoms with Crippen molar-refractivity contribution in [3.63, 3.8) is 0 Å². The maximum absolute atomic E-state index is 5.10. The van der Waals surface area contributed by atoms with Crippen LogP contribution in [0.4, 0.5) is 0 Å². The molecule has 0 radical (unpaired) electrons. The average Bonchev–Trinajstić information content (AvgIpc) is 2.60. The summed E-state index contributed by atoms with van der Waals surface area (Å²) in [5, 5.41) is 0.696. The van der Waals surface area contributed by atoms with Gasteiger partial charge in [0, 0.05) is 31.9 Å². The predicted octanol–water partition coefficient (Wildman–Crippen LogP) is 1.30. The number of hydrogen-bond acceptors (Lipinski definition) is 4. The number of fused-ring (bicyclic) bond motifs is 1. The molecule has 0 amide bonds. The topological polar surface area (TPSA) is 18.8 Å². The van der Waals surface area contributed by atoms with E-state index in [2.05, 4.69) is 35.7 Å². The lowest BCUT2D eigenvalue weighted by atomic mass is 10.0. The zero-order valence-electron chi connectivity index (χ0n) is 10.3. The monoisotopic (exact) mass is 239 g/mol. The van der Waals surface area contributed by atoms with Crippen LogP contribution in [0, 0.1) is 0 Å². The van der Waals surface area contributed by atoms with Crippen LogP contribution in [0.25, 0.3) is 0 Å². The molecule has 16 heavy (non-hydrogen) atoms. The predicted molar refractivity (Wildman–Crippen MR) is 70.4 cm³/mol. The molecule has 90 valence electrons. The molecule has 3 rings (SSSR count). The summed E-state index contributed by atoms with van der Waals surface area (Å²) in [5.41, 5.74) is 1.51. The minimum atomic E-state index is 0.262. The Morgan fingerprint density at radius 2 is 1.94 bits per heavy atom. The Kier molecular flexibility index (Phi) is 2.76. The number of rotatable bonds is 0. The van der Waals surface area contributed by atoms with E-state index >= 15 is 0 Å². The fourth-order valence-electron chi connectivity index (χ4n) is 2.93. The van der Waals surface area contributed by atoms with Gasteiger partial charge in [0.1, 0.15) is 4.87 Å². The van der Waals surface area contributed by atoms with Gasteiger partial charge in [-0.1, -0.05) is 0 Å². The van der Waals surface area contributed by atoms with E-state index in [4.69, 9.17) is 4.99 Å². The van der Waals surface area contributed by atoms with Gasteiger partial charge in [-0.25, -0.2) is 0 Å². The molecular weight excluding hydrogens is 218 g/mol. The Morgan fingerprint density at radius 3 is 2.69 bits per heavy atom. The molecule has 1 atom stereocenters. The maximum atomic E-state index is 5.10. The standard InChI is InChI=1S/C12H21N3S/c1-14-7-4-12(5-8-14)13-10-3-6-15(2)9-11(10)16-12/h11H,3-9H2,1-2H3. The molecule has 0 aromatic carbocycles. The molecule has 3 nitrogen and oxygen atoms in total. The zero-order valence-corrected chi connectivity index (χ0v) is 11.1. The Bertz CT molecular complexity index is 307. The molecule has 0 N–H and O–H groups in total. The lowest BCUT2D eigenvalue weighted by Gasteiger charge is -2.35. The van der Waals surface area contributed by atoms with Crippen LogP contribution < -0.4 is 0 Å². The molecule has 4 heteroatoms. The summed E-state index contributed by atoms with van der Waals surface area (Å²) in [7, 11) is 4.46. The van der Waals surface area contributed by atoms with Gasteiger partial charge >= 0.3 is 0 Å². The highest BCUT2D eigenvalue weighted by molar-refractivity contribution is 8.02. The van der Waals surface area contributed by atoms with Crippen molar-refractivity contribution >= 4 is 17.5 Å². The molecule has 3 aliphatic heterocycles. The van der Waals surface area contributed by atoms with E-state index in [1.165, 1.54) is 51.2 Å². The van der Waals surface area contributed by atoms with Crippen LogP contribution >= 0.6 is 11.8 Å². The van der Waals surface area contributed by atoms with Crippen molar-refractivity contribution in [1.82, 2.24) is 9.80 Å². The highest BCUT2D eigenvalue weighted by Gasteiger charge is 2.44. The molecule has 0 aromatic rings. The molecule has 0 aliphatic carbocycles. The van der Waals surface area contributed by atoms with E-state index in [1.807, 2.05) is 0 Å². The number of hydrogen-bond donors (Lipinski definition) is 0. The molecule has 3 heterocycles. The Morgan fingerprint density at radius 1 is 1.19 bits per heavy atom. The van der Waals surface area contributed by atoms with Gasteiger partial charge in [0.15, 0.2) is 0 Å². The van der Waals surface area contributed by atoms with Crippen LogP contribution in [-0.2, 0) is 0 Å². The highest BCUT2D eigenvalue weighted by Crippen LogP contribution is 2.46. The van der Waals surface area contributed by atoms with Gasteiger partial charge in [-0.2, -0.15) is 0 Å². The first kappa shape index (κ1) is 11.1. The van der Waals surface area contributed by atoms with E-state index in [0.717, 1.165) is 0 Å². The van der Waals surface area contributed by atoms with Crippen LogP contribution in [-0.4, -0.2) is 65.9 Å². The summed E-state index contributed by atoms with van der Waals surface area (Å²) < 4.78 is 0. The molecule has 1 spiro atoms. The normalized spacial score (nSPS) is 35.1. The number of piperidine rings is 2. The van der Waals surface area contributed by atoms with Gasteiger partial charge in [0.25, 0.3) is 0 Å². The second-order valence-corrected chi connectivity index (χ2v) is 7.04. The highest BCUT2D eigenvalue weighted by atomic mass is 32.2. The maximum Gasteiger partial charge on any atom is 0.109 e. The Labute approximate surface area is 102 Å². The van der Waals surface area contributed by atoms with Gasteiger partial charge in [0.05, 0.1) is 5.25 Å². The largest absolute Gasteiger partial charge is 0.306 e. The molecule has 2 saturated heterocycles. The van der Waals surface area contributed by atoms with Crippen LogP contribution in [0.2, 0.25) is 0 Å². The molecule has 3 aliphatic rings. The smallest absolute Gasteiger partial charge is 0.109 e. The van der Waals surface area contributed by atoms with Crippen molar-refractivity contribution in [2.75, 3.05) is 40.3 Å². The van der Waals surface area contributed by atoms with Crippen LogP contribution in [0.15, 0.2) is 4.99 Å². The van der Waals surface area contributed by atoms with Crippen molar-refractivity contribution in [3.05, 3.63) is 0 Å². The van der Waals surface area contributed by atoms with E-state index in [0.29, 0.717) is 5.25 Å². The summed E-state index contributed by atoms with van der Waals surface area (Å²) in [4.78, 5) is 10.2. The third-order valence-corrected chi connectivity index (χ3v) is 5.72. The molecule has 1 unspecified atom stereocenters. The molecule has 0 saturated carbocycles. The quantitative estimate of drug-likeness (QED) is 0.635. The summed E-state index contributed by atoms with van der Waals surface area (Å²) in [6.07, 6.45) is 3.70. The van der Waals surface area contributed by atoms with Crippen LogP contribution in [0.1, 0.15) is 19.3 Å².